The lowest BCUT2D eigenvalue weighted by Crippen LogP contribution is -2.35. The largest absolute Gasteiger partial charge is 0.489 e. The standard InChI is InChI=1S/C13H22N2O2/c1-3-15(4-2)9-11(16)10-17-13-8-6-5-7-12(13)14/h5-8,11,16H,3-4,9-10,14H2,1-2H3. The molecule has 17 heavy (non-hydrogen) atoms. The van der Waals surface area contributed by atoms with Crippen molar-refractivity contribution in [3.05, 3.63) is 24.3 Å². The van der Waals surface area contributed by atoms with Crippen LogP contribution in [0, 0.1) is 0 Å². The smallest absolute Gasteiger partial charge is 0.142 e. The van der Waals surface area contributed by atoms with Crippen molar-refractivity contribution in [1.82, 2.24) is 4.90 Å². The zero-order chi connectivity index (χ0) is 12.7. The normalized spacial score (nSPS) is 12.7. The van der Waals surface area contributed by atoms with E-state index in [1.165, 1.54) is 0 Å². The maximum Gasteiger partial charge on any atom is 0.142 e. The minimum atomic E-state index is -0.491. The van der Waals surface area contributed by atoms with E-state index in [4.69, 9.17) is 10.5 Å². The van der Waals surface area contributed by atoms with Crippen LogP contribution in [-0.2, 0) is 0 Å². The number of nitrogens with two attached hydrogens (primary N) is 1. The molecule has 0 amide bonds. The Balaban J connectivity index is 2.38. The quantitative estimate of drug-likeness (QED) is 0.704. The molecule has 0 heterocycles. The van der Waals surface area contributed by atoms with Crippen molar-refractivity contribution in [2.75, 3.05) is 32.0 Å². The number of anilines is 1. The Kier molecular flexibility index (Phi) is 5.80. The van der Waals surface area contributed by atoms with Crippen LogP contribution in [0.5, 0.6) is 5.75 Å². The zero-order valence-corrected chi connectivity index (χ0v) is 10.6. The van der Waals surface area contributed by atoms with Crippen LogP contribution in [0.1, 0.15) is 13.8 Å². The molecule has 1 rings (SSSR count). The maximum atomic E-state index is 9.83. The average molecular weight is 238 g/mol. The summed E-state index contributed by atoms with van der Waals surface area (Å²) >= 11 is 0. The van der Waals surface area contributed by atoms with Crippen molar-refractivity contribution in [1.29, 1.82) is 0 Å². The Bertz CT molecular complexity index is 327. The van der Waals surface area contributed by atoms with E-state index in [2.05, 4.69) is 18.7 Å². The van der Waals surface area contributed by atoms with Crippen molar-refractivity contribution in [2.24, 2.45) is 0 Å². The summed E-state index contributed by atoms with van der Waals surface area (Å²) in [5.74, 6) is 0.631. The van der Waals surface area contributed by atoms with Crippen LogP contribution >= 0.6 is 0 Å². The lowest BCUT2D eigenvalue weighted by Gasteiger charge is -2.22. The molecule has 0 aliphatic heterocycles. The summed E-state index contributed by atoms with van der Waals surface area (Å²) in [5, 5.41) is 9.83. The average Bonchev–Trinajstić information content (AvgIpc) is 2.35. The van der Waals surface area contributed by atoms with Crippen LogP contribution in [0.15, 0.2) is 24.3 Å². The third-order valence-electron chi connectivity index (χ3n) is 2.71. The van der Waals surface area contributed by atoms with Crippen LogP contribution in [0.4, 0.5) is 5.69 Å². The Labute approximate surface area is 103 Å². The molecule has 1 atom stereocenters. The zero-order valence-electron chi connectivity index (χ0n) is 10.6. The highest BCUT2D eigenvalue weighted by atomic mass is 16.5. The van der Waals surface area contributed by atoms with E-state index in [1.807, 2.05) is 12.1 Å². The first-order chi connectivity index (χ1) is 8.17. The molecule has 0 fully saturated rings. The topological polar surface area (TPSA) is 58.7 Å². The SMILES string of the molecule is CCN(CC)CC(O)COc1ccccc1N. The van der Waals surface area contributed by atoms with E-state index in [0.717, 1.165) is 13.1 Å². The number of benzene rings is 1. The fourth-order valence-corrected chi connectivity index (χ4v) is 1.63. The summed E-state index contributed by atoms with van der Waals surface area (Å²) in [4.78, 5) is 2.16. The molecule has 96 valence electrons. The Morgan fingerprint density at radius 3 is 2.53 bits per heavy atom. The molecule has 0 radical (unpaired) electrons. The maximum absolute atomic E-state index is 9.83. The molecule has 3 N–H and O–H groups in total. The Morgan fingerprint density at radius 2 is 1.94 bits per heavy atom. The third kappa shape index (κ3) is 4.63. The van der Waals surface area contributed by atoms with Gasteiger partial charge in [-0.3, -0.25) is 0 Å². The highest BCUT2D eigenvalue weighted by Crippen LogP contribution is 2.19. The second-order valence-corrected chi connectivity index (χ2v) is 3.99. The first kappa shape index (κ1) is 13.8. The van der Waals surface area contributed by atoms with Gasteiger partial charge in [0, 0.05) is 6.54 Å². The summed E-state index contributed by atoms with van der Waals surface area (Å²) in [6.45, 7) is 6.91. The van der Waals surface area contributed by atoms with E-state index in [0.29, 0.717) is 18.0 Å². The summed E-state index contributed by atoms with van der Waals surface area (Å²) < 4.78 is 5.49. The molecule has 1 unspecified atom stereocenters. The van der Waals surface area contributed by atoms with Crippen molar-refractivity contribution >= 4 is 5.69 Å². The molecule has 4 nitrogen and oxygen atoms in total. The van der Waals surface area contributed by atoms with E-state index in [9.17, 15) is 5.11 Å². The van der Waals surface area contributed by atoms with Crippen LogP contribution in [0.25, 0.3) is 0 Å². The molecule has 1 aromatic rings. The van der Waals surface area contributed by atoms with Crippen molar-refractivity contribution in [2.45, 2.75) is 20.0 Å². The van der Waals surface area contributed by atoms with Gasteiger partial charge in [0.25, 0.3) is 0 Å². The van der Waals surface area contributed by atoms with Gasteiger partial charge in [0.05, 0.1) is 5.69 Å². The molecule has 0 saturated heterocycles. The first-order valence-corrected chi connectivity index (χ1v) is 6.05. The number of aliphatic hydroxyl groups is 1. The molecule has 1 aromatic carbocycles. The van der Waals surface area contributed by atoms with E-state index < -0.39 is 6.10 Å². The van der Waals surface area contributed by atoms with Crippen LogP contribution < -0.4 is 10.5 Å². The number of hydrogen-bond acceptors (Lipinski definition) is 4. The minimum absolute atomic E-state index is 0.269. The van der Waals surface area contributed by atoms with Gasteiger partial charge in [-0.2, -0.15) is 0 Å². The summed E-state index contributed by atoms with van der Waals surface area (Å²) in [6, 6.07) is 7.31. The van der Waals surface area contributed by atoms with Gasteiger partial charge in [0.1, 0.15) is 18.5 Å². The number of ether oxygens (including phenoxy) is 1. The number of para-hydroxylation sites is 2. The number of nitrogen functional groups attached to an aromatic ring is 1. The molecule has 0 spiro atoms. The summed E-state index contributed by atoms with van der Waals surface area (Å²) in [5.41, 5.74) is 6.34. The third-order valence-corrected chi connectivity index (χ3v) is 2.71. The molecular formula is C13H22N2O2. The Morgan fingerprint density at radius 1 is 1.29 bits per heavy atom. The van der Waals surface area contributed by atoms with Crippen LogP contribution in [0.3, 0.4) is 0 Å². The predicted octanol–water partition coefficient (Wildman–Crippen LogP) is 1.35. The van der Waals surface area contributed by atoms with E-state index >= 15 is 0 Å². The lowest BCUT2D eigenvalue weighted by atomic mass is 10.3. The van der Waals surface area contributed by atoms with Gasteiger partial charge < -0.3 is 20.5 Å². The fraction of sp³-hybridized carbons (Fsp3) is 0.538. The van der Waals surface area contributed by atoms with Crippen molar-refractivity contribution in [3.63, 3.8) is 0 Å². The molecule has 0 aromatic heterocycles. The second-order valence-electron chi connectivity index (χ2n) is 3.99. The number of likely N-dealkylation sites (N-methyl/N-ethyl adjacent to an activating group) is 1. The highest BCUT2D eigenvalue weighted by molar-refractivity contribution is 5.51. The predicted molar refractivity (Wildman–Crippen MR) is 70.1 cm³/mol. The highest BCUT2D eigenvalue weighted by Gasteiger charge is 2.10. The fourth-order valence-electron chi connectivity index (χ4n) is 1.63. The van der Waals surface area contributed by atoms with Gasteiger partial charge >= 0.3 is 0 Å². The number of rotatable bonds is 7. The molecule has 0 bridgehead atoms. The second kappa shape index (κ2) is 7.14. The van der Waals surface area contributed by atoms with Gasteiger partial charge in [-0.05, 0) is 25.2 Å². The molecule has 0 aliphatic carbocycles. The summed E-state index contributed by atoms with van der Waals surface area (Å²) in [7, 11) is 0. The van der Waals surface area contributed by atoms with Gasteiger partial charge in [-0.1, -0.05) is 26.0 Å². The number of nitrogens with zero attached hydrogens (tertiary/aromatic N) is 1. The first-order valence-electron chi connectivity index (χ1n) is 6.05. The molecule has 0 saturated carbocycles. The van der Waals surface area contributed by atoms with Gasteiger partial charge in [-0.15, -0.1) is 0 Å². The monoisotopic (exact) mass is 238 g/mol. The van der Waals surface area contributed by atoms with Gasteiger partial charge in [0.2, 0.25) is 0 Å². The Hall–Kier alpha value is -1.26. The van der Waals surface area contributed by atoms with Gasteiger partial charge in [0.15, 0.2) is 0 Å². The van der Waals surface area contributed by atoms with E-state index in [-0.39, 0.29) is 6.61 Å². The minimum Gasteiger partial charge on any atom is -0.489 e. The van der Waals surface area contributed by atoms with Crippen LogP contribution in [0.2, 0.25) is 0 Å². The number of aliphatic hydroxyl groups excluding tert-OH is 1. The molecule has 0 aliphatic rings. The van der Waals surface area contributed by atoms with Crippen LogP contribution in [-0.4, -0.2) is 42.4 Å². The molecular weight excluding hydrogens is 216 g/mol. The van der Waals surface area contributed by atoms with Crippen molar-refractivity contribution < 1.29 is 9.84 Å². The van der Waals surface area contributed by atoms with E-state index in [1.54, 1.807) is 12.1 Å². The van der Waals surface area contributed by atoms with Crippen molar-refractivity contribution in [3.8, 4) is 5.75 Å². The molecule has 4 heteroatoms. The lowest BCUT2D eigenvalue weighted by molar-refractivity contribution is 0.0719. The van der Waals surface area contributed by atoms with Gasteiger partial charge in [-0.25, -0.2) is 0 Å². The number of hydrogen-bond donors (Lipinski definition) is 2. The summed E-state index contributed by atoms with van der Waals surface area (Å²) in [6.07, 6.45) is -0.491.